The maximum atomic E-state index is 12.8. The molecule has 0 atom stereocenters. The van der Waals surface area contributed by atoms with Gasteiger partial charge in [0, 0.05) is 36.1 Å². The lowest BCUT2D eigenvalue weighted by Gasteiger charge is -2.22. The van der Waals surface area contributed by atoms with Crippen LogP contribution in [0.4, 0.5) is 5.69 Å². The number of hydrogen-bond acceptors (Lipinski definition) is 3. The van der Waals surface area contributed by atoms with Crippen molar-refractivity contribution in [2.75, 3.05) is 18.5 Å². The highest BCUT2D eigenvalue weighted by Crippen LogP contribution is 2.46. The molecule has 1 aliphatic carbocycles. The molecule has 29 heavy (non-hydrogen) atoms. The number of carbonyl (C=O) groups is 2. The zero-order valence-corrected chi connectivity index (χ0v) is 18.3. The summed E-state index contributed by atoms with van der Waals surface area (Å²) in [5.41, 5.74) is 4.03. The second kappa shape index (κ2) is 7.63. The zero-order chi connectivity index (χ0) is 20.7. The van der Waals surface area contributed by atoms with Crippen LogP contribution in [0.2, 0.25) is 0 Å². The van der Waals surface area contributed by atoms with Crippen molar-refractivity contribution in [3.8, 4) is 5.69 Å². The zero-order valence-electron chi connectivity index (χ0n) is 16.7. The Morgan fingerprint density at radius 2 is 1.93 bits per heavy atom. The second-order valence-electron chi connectivity index (χ2n) is 7.28. The molecule has 7 heteroatoms. The summed E-state index contributed by atoms with van der Waals surface area (Å²) in [6.07, 6.45) is 2.20. The van der Waals surface area contributed by atoms with Crippen LogP contribution in [0, 0.1) is 0 Å². The third-order valence-corrected chi connectivity index (χ3v) is 5.87. The Labute approximate surface area is 178 Å². The van der Waals surface area contributed by atoms with Crippen molar-refractivity contribution in [1.29, 1.82) is 0 Å². The largest absolute Gasteiger partial charge is 0.354 e. The fourth-order valence-corrected chi connectivity index (χ4v) is 4.03. The number of fused-ring (bicyclic) bond motifs is 1. The van der Waals surface area contributed by atoms with Crippen LogP contribution in [-0.2, 0) is 4.79 Å². The molecule has 6 nitrogen and oxygen atoms in total. The Bertz CT molecular complexity index is 1100. The standard InChI is InChI=1S/C22H23BrN4O2/c1-4-26(13(2)28)20-12-19-18(11-17(20)14-5-6-14)21(22(29)24-3)27(25-19)16-9-7-15(23)8-10-16/h7-12,14H,4-6H2,1-3H3,(H,24,29). The Balaban J connectivity index is 1.99. The van der Waals surface area contributed by atoms with E-state index in [4.69, 9.17) is 5.10 Å². The highest BCUT2D eigenvalue weighted by Gasteiger charge is 2.31. The lowest BCUT2D eigenvalue weighted by molar-refractivity contribution is -0.116. The molecule has 0 spiro atoms. The third kappa shape index (κ3) is 3.55. The Kier molecular flexibility index (Phi) is 5.17. The first-order chi connectivity index (χ1) is 13.9. The summed E-state index contributed by atoms with van der Waals surface area (Å²) < 4.78 is 2.64. The molecule has 2 amide bonds. The van der Waals surface area contributed by atoms with Crippen LogP contribution >= 0.6 is 15.9 Å². The maximum absolute atomic E-state index is 12.8. The van der Waals surface area contributed by atoms with Crippen LogP contribution in [0.15, 0.2) is 40.9 Å². The number of nitrogens with one attached hydrogen (secondary N) is 1. The highest BCUT2D eigenvalue weighted by atomic mass is 79.9. The van der Waals surface area contributed by atoms with Crippen molar-refractivity contribution in [1.82, 2.24) is 15.1 Å². The molecule has 0 bridgehead atoms. The van der Waals surface area contributed by atoms with Crippen LogP contribution in [-0.4, -0.2) is 35.2 Å². The van der Waals surface area contributed by atoms with E-state index in [-0.39, 0.29) is 11.8 Å². The van der Waals surface area contributed by atoms with Crippen LogP contribution in [0.25, 0.3) is 16.6 Å². The van der Waals surface area contributed by atoms with Gasteiger partial charge in [0.2, 0.25) is 5.91 Å². The summed E-state index contributed by atoms with van der Waals surface area (Å²) in [5, 5.41) is 8.28. The lowest BCUT2D eigenvalue weighted by Crippen LogP contribution is -2.28. The Morgan fingerprint density at radius 1 is 1.24 bits per heavy atom. The third-order valence-electron chi connectivity index (χ3n) is 5.34. The van der Waals surface area contributed by atoms with Gasteiger partial charge >= 0.3 is 0 Å². The van der Waals surface area contributed by atoms with Crippen molar-refractivity contribution in [3.05, 3.63) is 52.1 Å². The van der Waals surface area contributed by atoms with Crippen molar-refractivity contribution in [2.24, 2.45) is 0 Å². The van der Waals surface area contributed by atoms with Gasteiger partial charge in [0.05, 0.1) is 11.2 Å². The first-order valence-corrected chi connectivity index (χ1v) is 10.6. The molecule has 0 aliphatic heterocycles. The number of nitrogens with zero attached hydrogens (tertiary/aromatic N) is 3. The minimum absolute atomic E-state index is 0.00705. The number of hydrogen-bond donors (Lipinski definition) is 1. The first kappa shape index (κ1) is 19.6. The Hall–Kier alpha value is -2.67. The number of benzene rings is 2. The number of amides is 2. The van der Waals surface area contributed by atoms with Gasteiger partial charge in [0.1, 0.15) is 5.69 Å². The van der Waals surface area contributed by atoms with E-state index < -0.39 is 0 Å². The predicted molar refractivity (Wildman–Crippen MR) is 118 cm³/mol. The van der Waals surface area contributed by atoms with Crippen molar-refractivity contribution in [2.45, 2.75) is 32.6 Å². The van der Waals surface area contributed by atoms with Gasteiger partial charge in [0.25, 0.3) is 5.91 Å². The van der Waals surface area contributed by atoms with Gasteiger partial charge in [-0.2, -0.15) is 5.10 Å². The molecule has 1 saturated carbocycles. The van der Waals surface area contributed by atoms with E-state index in [0.717, 1.165) is 39.6 Å². The molecule has 150 valence electrons. The molecule has 0 unspecified atom stereocenters. The average Bonchev–Trinajstić information content (AvgIpc) is 3.48. The summed E-state index contributed by atoms with van der Waals surface area (Å²) in [4.78, 5) is 26.8. The predicted octanol–water partition coefficient (Wildman–Crippen LogP) is 4.40. The fraction of sp³-hybridized carbons (Fsp3) is 0.318. The molecular weight excluding hydrogens is 432 g/mol. The lowest BCUT2D eigenvalue weighted by atomic mass is 10.0. The molecule has 2 aromatic carbocycles. The molecule has 0 saturated heterocycles. The minimum Gasteiger partial charge on any atom is -0.354 e. The summed E-state index contributed by atoms with van der Waals surface area (Å²) in [5.74, 6) is 0.243. The Morgan fingerprint density at radius 3 is 2.48 bits per heavy atom. The molecule has 1 aromatic heterocycles. The highest BCUT2D eigenvalue weighted by molar-refractivity contribution is 9.10. The monoisotopic (exact) mass is 454 g/mol. The SMILES string of the molecule is CCN(C(C)=O)c1cc2nn(-c3ccc(Br)cc3)c(C(=O)NC)c2cc1C1CC1. The van der Waals surface area contributed by atoms with E-state index in [0.29, 0.717) is 23.7 Å². The van der Waals surface area contributed by atoms with Crippen LogP contribution in [0.3, 0.4) is 0 Å². The van der Waals surface area contributed by atoms with Crippen LogP contribution in [0.1, 0.15) is 48.7 Å². The summed E-state index contributed by atoms with van der Waals surface area (Å²) in [6.45, 7) is 4.15. The van der Waals surface area contributed by atoms with E-state index in [1.165, 1.54) is 0 Å². The van der Waals surface area contributed by atoms with Gasteiger partial charge in [-0.3, -0.25) is 9.59 Å². The normalized spacial score (nSPS) is 13.5. The quantitative estimate of drug-likeness (QED) is 0.621. The van der Waals surface area contributed by atoms with Crippen molar-refractivity contribution >= 4 is 44.3 Å². The van der Waals surface area contributed by atoms with E-state index in [9.17, 15) is 9.59 Å². The molecule has 3 aromatic rings. The fourth-order valence-electron chi connectivity index (χ4n) is 3.76. The summed E-state index contributed by atoms with van der Waals surface area (Å²) in [7, 11) is 1.62. The molecule has 4 rings (SSSR count). The number of rotatable bonds is 5. The van der Waals surface area contributed by atoms with E-state index in [1.807, 2.05) is 37.3 Å². The van der Waals surface area contributed by atoms with E-state index in [1.54, 1.807) is 23.6 Å². The van der Waals surface area contributed by atoms with Gasteiger partial charge in [0.15, 0.2) is 0 Å². The van der Waals surface area contributed by atoms with Gasteiger partial charge < -0.3 is 10.2 Å². The van der Waals surface area contributed by atoms with Crippen molar-refractivity contribution < 1.29 is 9.59 Å². The molecule has 0 radical (unpaired) electrons. The van der Waals surface area contributed by atoms with Gasteiger partial charge in [-0.05, 0) is 67.6 Å². The summed E-state index contributed by atoms with van der Waals surface area (Å²) >= 11 is 3.45. The number of anilines is 1. The smallest absolute Gasteiger partial charge is 0.270 e. The first-order valence-electron chi connectivity index (χ1n) is 9.77. The molecule has 1 heterocycles. The number of aromatic nitrogens is 2. The van der Waals surface area contributed by atoms with Gasteiger partial charge in [-0.15, -0.1) is 0 Å². The van der Waals surface area contributed by atoms with E-state index >= 15 is 0 Å². The van der Waals surface area contributed by atoms with Gasteiger partial charge in [-0.1, -0.05) is 15.9 Å². The van der Waals surface area contributed by atoms with Crippen molar-refractivity contribution in [3.63, 3.8) is 0 Å². The molecule has 1 N–H and O–H groups in total. The number of halogens is 1. The van der Waals surface area contributed by atoms with Crippen LogP contribution in [0.5, 0.6) is 0 Å². The van der Waals surface area contributed by atoms with Gasteiger partial charge in [-0.25, -0.2) is 4.68 Å². The maximum Gasteiger partial charge on any atom is 0.270 e. The number of carbonyl (C=O) groups excluding carboxylic acids is 2. The topological polar surface area (TPSA) is 67.2 Å². The van der Waals surface area contributed by atoms with Crippen LogP contribution < -0.4 is 10.2 Å². The summed E-state index contributed by atoms with van der Waals surface area (Å²) in [6, 6.07) is 11.7. The minimum atomic E-state index is -0.191. The molecule has 1 aliphatic rings. The second-order valence-corrected chi connectivity index (χ2v) is 8.20. The molecular formula is C22H23BrN4O2. The average molecular weight is 455 g/mol. The van der Waals surface area contributed by atoms with E-state index in [2.05, 4.69) is 27.3 Å². The molecule has 1 fully saturated rings.